The van der Waals surface area contributed by atoms with E-state index in [-0.39, 0.29) is 5.91 Å². The van der Waals surface area contributed by atoms with Gasteiger partial charge in [-0.05, 0) is 17.2 Å². The Balaban J connectivity index is 1.63. The van der Waals surface area contributed by atoms with Crippen LogP contribution in [-0.2, 0) is 17.8 Å². The second-order valence-electron chi connectivity index (χ2n) is 6.48. The number of rotatable bonds is 7. The summed E-state index contributed by atoms with van der Waals surface area (Å²) >= 11 is 1.36. The summed E-state index contributed by atoms with van der Waals surface area (Å²) in [5, 5.41) is 16.2. The molecule has 146 valence electrons. The lowest BCUT2D eigenvalue weighted by molar-refractivity contribution is -0.115. The van der Waals surface area contributed by atoms with E-state index < -0.39 is 0 Å². The van der Waals surface area contributed by atoms with Crippen LogP contribution in [-0.4, -0.2) is 31.1 Å². The molecule has 2 aromatic heterocycles. The predicted octanol–water partition coefficient (Wildman–Crippen LogP) is 4.05. The minimum Gasteiger partial charge on any atom is -0.302 e. The molecule has 0 bridgehead atoms. The SMILES string of the molecule is CCCn1nnc(-c2sc(NC(=O)Cc3ccccc3)nc2-c2ccccc2)n1. The van der Waals surface area contributed by atoms with Crippen molar-refractivity contribution in [2.24, 2.45) is 0 Å². The number of tetrazole rings is 1. The van der Waals surface area contributed by atoms with Crippen molar-refractivity contribution >= 4 is 22.4 Å². The van der Waals surface area contributed by atoms with Gasteiger partial charge in [-0.3, -0.25) is 4.79 Å². The highest BCUT2D eigenvalue weighted by atomic mass is 32.1. The van der Waals surface area contributed by atoms with Crippen LogP contribution in [0.25, 0.3) is 22.0 Å². The Morgan fingerprint density at radius 2 is 1.79 bits per heavy atom. The van der Waals surface area contributed by atoms with Crippen molar-refractivity contribution in [2.45, 2.75) is 26.3 Å². The quantitative estimate of drug-likeness (QED) is 0.502. The number of aromatic nitrogens is 5. The second kappa shape index (κ2) is 8.74. The number of carbonyl (C=O) groups excluding carboxylic acids is 1. The van der Waals surface area contributed by atoms with Gasteiger partial charge in [0.15, 0.2) is 5.13 Å². The Kier molecular flexibility index (Phi) is 5.71. The van der Waals surface area contributed by atoms with E-state index in [1.807, 2.05) is 60.7 Å². The average molecular weight is 404 g/mol. The Labute approximate surface area is 172 Å². The van der Waals surface area contributed by atoms with E-state index in [4.69, 9.17) is 0 Å². The van der Waals surface area contributed by atoms with Crippen LogP contribution in [0.2, 0.25) is 0 Å². The molecule has 1 amide bonds. The summed E-state index contributed by atoms with van der Waals surface area (Å²) in [7, 11) is 0. The number of amides is 1. The summed E-state index contributed by atoms with van der Waals surface area (Å²) in [6, 6.07) is 19.4. The first-order valence-corrected chi connectivity index (χ1v) is 10.2. The maximum atomic E-state index is 12.5. The lowest BCUT2D eigenvalue weighted by Gasteiger charge is -2.01. The van der Waals surface area contributed by atoms with Gasteiger partial charge < -0.3 is 5.32 Å². The number of carbonyl (C=O) groups is 1. The van der Waals surface area contributed by atoms with Crippen LogP contribution in [0.3, 0.4) is 0 Å². The molecule has 4 rings (SSSR count). The molecule has 0 radical (unpaired) electrons. The Morgan fingerprint density at radius 3 is 2.52 bits per heavy atom. The first-order valence-electron chi connectivity index (χ1n) is 9.41. The number of aryl methyl sites for hydroxylation is 1. The molecule has 0 saturated heterocycles. The summed E-state index contributed by atoms with van der Waals surface area (Å²) < 4.78 is 0. The Morgan fingerprint density at radius 1 is 1.07 bits per heavy atom. The van der Waals surface area contributed by atoms with E-state index in [0.29, 0.717) is 23.9 Å². The van der Waals surface area contributed by atoms with Gasteiger partial charge in [-0.25, -0.2) is 4.98 Å². The first-order chi connectivity index (χ1) is 14.2. The van der Waals surface area contributed by atoms with E-state index in [2.05, 4.69) is 32.6 Å². The zero-order chi connectivity index (χ0) is 20.1. The van der Waals surface area contributed by atoms with Crippen LogP contribution >= 0.6 is 11.3 Å². The molecular weight excluding hydrogens is 384 g/mol. The number of nitrogens with one attached hydrogen (secondary N) is 1. The molecule has 0 aliphatic heterocycles. The Hall–Kier alpha value is -3.39. The number of anilines is 1. The highest BCUT2D eigenvalue weighted by Crippen LogP contribution is 2.37. The summed E-state index contributed by atoms with van der Waals surface area (Å²) in [5.74, 6) is 0.400. The van der Waals surface area contributed by atoms with E-state index >= 15 is 0 Å². The maximum Gasteiger partial charge on any atom is 0.230 e. The van der Waals surface area contributed by atoms with Crippen molar-refractivity contribution in [2.75, 3.05) is 5.32 Å². The van der Waals surface area contributed by atoms with Gasteiger partial charge in [-0.2, -0.15) is 4.80 Å². The predicted molar refractivity (Wildman–Crippen MR) is 113 cm³/mol. The van der Waals surface area contributed by atoms with Gasteiger partial charge in [0.05, 0.1) is 18.7 Å². The third-order valence-electron chi connectivity index (χ3n) is 4.21. The van der Waals surface area contributed by atoms with Gasteiger partial charge in [0, 0.05) is 5.56 Å². The molecule has 0 aliphatic carbocycles. The van der Waals surface area contributed by atoms with Crippen molar-refractivity contribution in [1.29, 1.82) is 0 Å². The van der Waals surface area contributed by atoms with Crippen LogP contribution in [0.1, 0.15) is 18.9 Å². The number of thiazole rings is 1. The molecule has 0 atom stereocenters. The van der Waals surface area contributed by atoms with E-state index in [1.54, 1.807) is 4.80 Å². The molecule has 0 spiro atoms. The van der Waals surface area contributed by atoms with Gasteiger partial charge in [0.2, 0.25) is 11.7 Å². The number of benzene rings is 2. The molecule has 0 unspecified atom stereocenters. The third-order valence-corrected chi connectivity index (χ3v) is 5.17. The van der Waals surface area contributed by atoms with Crippen molar-refractivity contribution in [3.05, 3.63) is 66.2 Å². The minimum absolute atomic E-state index is 0.112. The lowest BCUT2D eigenvalue weighted by Crippen LogP contribution is -2.14. The monoisotopic (exact) mass is 404 g/mol. The summed E-state index contributed by atoms with van der Waals surface area (Å²) in [4.78, 5) is 19.5. The maximum absolute atomic E-state index is 12.5. The van der Waals surface area contributed by atoms with Crippen LogP contribution < -0.4 is 5.32 Å². The normalized spacial score (nSPS) is 10.8. The summed E-state index contributed by atoms with van der Waals surface area (Å²) in [5.41, 5.74) is 2.63. The molecule has 29 heavy (non-hydrogen) atoms. The highest BCUT2D eigenvalue weighted by Gasteiger charge is 2.20. The molecular formula is C21H20N6OS. The first kappa shape index (κ1) is 18.9. The minimum atomic E-state index is -0.112. The second-order valence-corrected chi connectivity index (χ2v) is 7.48. The van der Waals surface area contributed by atoms with Crippen LogP contribution in [0.5, 0.6) is 0 Å². The zero-order valence-electron chi connectivity index (χ0n) is 15.9. The number of hydrogen-bond donors (Lipinski definition) is 1. The van der Waals surface area contributed by atoms with Crippen LogP contribution in [0.15, 0.2) is 60.7 Å². The molecule has 0 fully saturated rings. The molecule has 8 heteroatoms. The van der Waals surface area contributed by atoms with E-state index in [9.17, 15) is 4.79 Å². The van der Waals surface area contributed by atoms with Crippen molar-refractivity contribution in [3.63, 3.8) is 0 Å². The van der Waals surface area contributed by atoms with Crippen molar-refractivity contribution in [1.82, 2.24) is 25.2 Å². The standard InChI is InChI=1S/C21H20N6OS/c1-2-13-27-25-20(24-26-27)19-18(16-11-7-4-8-12-16)23-21(29-19)22-17(28)14-15-9-5-3-6-10-15/h3-12H,2,13-14H2,1H3,(H,22,23,28). The molecule has 2 heterocycles. The smallest absolute Gasteiger partial charge is 0.230 e. The molecule has 1 N–H and O–H groups in total. The molecule has 0 saturated carbocycles. The number of hydrogen-bond acceptors (Lipinski definition) is 6. The van der Waals surface area contributed by atoms with Crippen LogP contribution in [0.4, 0.5) is 5.13 Å². The van der Waals surface area contributed by atoms with Gasteiger partial charge in [0.25, 0.3) is 0 Å². The van der Waals surface area contributed by atoms with Gasteiger partial charge >= 0.3 is 0 Å². The molecule has 4 aromatic rings. The van der Waals surface area contributed by atoms with Gasteiger partial charge in [0.1, 0.15) is 4.88 Å². The zero-order valence-corrected chi connectivity index (χ0v) is 16.8. The molecule has 7 nitrogen and oxygen atoms in total. The van der Waals surface area contributed by atoms with Gasteiger partial charge in [-0.15, -0.1) is 10.2 Å². The Bertz CT molecular complexity index is 1090. The molecule has 0 aliphatic rings. The lowest BCUT2D eigenvalue weighted by atomic mass is 10.1. The topological polar surface area (TPSA) is 85.6 Å². The third kappa shape index (κ3) is 4.55. The van der Waals surface area contributed by atoms with E-state index in [0.717, 1.165) is 28.1 Å². The van der Waals surface area contributed by atoms with Gasteiger partial charge in [-0.1, -0.05) is 78.9 Å². The number of nitrogens with zero attached hydrogens (tertiary/aromatic N) is 5. The van der Waals surface area contributed by atoms with E-state index in [1.165, 1.54) is 11.3 Å². The molecule has 2 aromatic carbocycles. The van der Waals surface area contributed by atoms with Crippen molar-refractivity contribution in [3.8, 4) is 22.0 Å². The highest BCUT2D eigenvalue weighted by molar-refractivity contribution is 7.19. The average Bonchev–Trinajstić information content (AvgIpc) is 3.37. The fourth-order valence-electron chi connectivity index (χ4n) is 2.89. The van der Waals surface area contributed by atoms with Crippen molar-refractivity contribution < 1.29 is 4.79 Å². The summed E-state index contributed by atoms with van der Waals surface area (Å²) in [6.07, 6.45) is 1.21. The fraction of sp³-hybridized carbons (Fsp3) is 0.190. The summed E-state index contributed by atoms with van der Waals surface area (Å²) in [6.45, 7) is 2.76. The largest absolute Gasteiger partial charge is 0.302 e. The van der Waals surface area contributed by atoms with Crippen LogP contribution in [0, 0.1) is 0 Å². The fourth-order valence-corrected chi connectivity index (χ4v) is 3.82.